The standard InChI is InChI=1S/C31H31NO3/c33-29(26-19-17-25(18-20-26)24-13-5-2-6-14-24)22-31(35)27-15-7-8-16-28(27)32(30(31)34)21-9-12-23-10-3-1-4-11-23/h1,3-4,7-12,15-20,24,35H,2,5-6,13-14,21-22H2/b12-9+. The first-order valence-electron chi connectivity index (χ1n) is 12.5. The van der Waals surface area contributed by atoms with Crippen LogP contribution in [-0.4, -0.2) is 23.3 Å². The molecule has 0 aromatic heterocycles. The molecule has 1 N–H and O–H groups in total. The highest BCUT2D eigenvalue weighted by Gasteiger charge is 2.50. The predicted octanol–water partition coefficient (Wildman–Crippen LogP) is 6.25. The van der Waals surface area contributed by atoms with Crippen molar-refractivity contribution in [2.24, 2.45) is 0 Å². The van der Waals surface area contributed by atoms with Crippen molar-refractivity contribution in [1.29, 1.82) is 0 Å². The Morgan fingerprint density at radius 3 is 2.34 bits per heavy atom. The lowest BCUT2D eigenvalue weighted by Gasteiger charge is -2.23. The lowest BCUT2D eigenvalue weighted by molar-refractivity contribution is -0.135. The minimum Gasteiger partial charge on any atom is -0.375 e. The molecule has 0 bridgehead atoms. The summed E-state index contributed by atoms with van der Waals surface area (Å²) in [4.78, 5) is 28.2. The van der Waals surface area contributed by atoms with Gasteiger partial charge in [-0.25, -0.2) is 0 Å². The summed E-state index contributed by atoms with van der Waals surface area (Å²) in [6.07, 6.45) is 9.81. The van der Waals surface area contributed by atoms with Gasteiger partial charge in [0.2, 0.25) is 0 Å². The number of fused-ring (bicyclic) bond motifs is 1. The Hall–Kier alpha value is -3.50. The number of carbonyl (C=O) groups is 2. The van der Waals surface area contributed by atoms with Gasteiger partial charge in [-0.05, 0) is 36.0 Å². The molecule has 1 aliphatic heterocycles. The van der Waals surface area contributed by atoms with Crippen LogP contribution in [0.1, 0.15) is 71.5 Å². The van der Waals surface area contributed by atoms with Gasteiger partial charge < -0.3 is 10.0 Å². The Kier molecular flexibility index (Phi) is 6.65. The molecule has 1 amide bonds. The number of rotatable bonds is 7. The van der Waals surface area contributed by atoms with Crippen molar-refractivity contribution in [1.82, 2.24) is 0 Å². The third-order valence-electron chi connectivity index (χ3n) is 7.36. The smallest absolute Gasteiger partial charge is 0.264 e. The van der Waals surface area contributed by atoms with Gasteiger partial charge in [-0.2, -0.15) is 0 Å². The van der Waals surface area contributed by atoms with Gasteiger partial charge in [0.15, 0.2) is 11.4 Å². The van der Waals surface area contributed by atoms with Crippen molar-refractivity contribution in [2.45, 2.75) is 50.0 Å². The molecule has 1 saturated carbocycles. The van der Waals surface area contributed by atoms with Crippen LogP contribution < -0.4 is 4.90 Å². The summed E-state index contributed by atoms with van der Waals surface area (Å²) in [6.45, 7) is 0.317. The number of ketones is 1. The van der Waals surface area contributed by atoms with Crippen LogP contribution in [-0.2, 0) is 10.4 Å². The summed E-state index contributed by atoms with van der Waals surface area (Å²) in [5.74, 6) is -0.117. The van der Waals surface area contributed by atoms with Gasteiger partial charge in [0, 0.05) is 17.7 Å². The minimum atomic E-state index is -1.86. The molecule has 0 spiro atoms. The molecule has 1 fully saturated rings. The van der Waals surface area contributed by atoms with E-state index in [0.717, 1.165) is 5.56 Å². The monoisotopic (exact) mass is 465 g/mol. The zero-order valence-corrected chi connectivity index (χ0v) is 19.9. The van der Waals surface area contributed by atoms with Crippen LogP contribution >= 0.6 is 0 Å². The van der Waals surface area contributed by atoms with E-state index in [2.05, 4.69) is 0 Å². The van der Waals surface area contributed by atoms with Crippen LogP contribution in [0.2, 0.25) is 0 Å². The number of para-hydroxylation sites is 1. The van der Waals surface area contributed by atoms with E-state index in [1.807, 2.05) is 78.9 Å². The molecule has 4 heteroatoms. The van der Waals surface area contributed by atoms with E-state index in [1.165, 1.54) is 37.7 Å². The molecule has 178 valence electrons. The van der Waals surface area contributed by atoms with Crippen LogP contribution in [0.15, 0.2) is 84.9 Å². The van der Waals surface area contributed by atoms with Crippen molar-refractivity contribution in [3.63, 3.8) is 0 Å². The maximum atomic E-state index is 13.4. The highest BCUT2D eigenvalue weighted by atomic mass is 16.3. The third kappa shape index (κ3) is 4.71. The second-order valence-electron chi connectivity index (χ2n) is 9.66. The average molecular weight is 466 g/mol. The van der Waals surface area contributed by atoms with Gasteiger partial charge in [-0.15, -0.1) is 0 Å². The first-order chi connectivity index (χ1) is 17.1. The van der Waals surface area contributed by atoms with Crippen LogP contribution in [0.25, 0.3) is 6.08 Å². The van der Waals surface area contributed by atoms with Gasteiger partial charge in [0.1, 0.15) is 0 Å². The Bertz CT molecular complexity index is 1230. The fourth-order valence-electron chi connectivity index (χ4n) is 5.43. The lowest BCUT2D eigenvalue weighted by atomic mass is 9.83. The first-order valence-corrected chi connectivity index (χ1v) is 12.5. The number of carbonyl (C=O) groups excluding carboxylic acids is 2. The quantitative estimate of drug-likeness (QED) is 0.419. The number of amides is 1. The maximum Gasteiger partial charge on any atom is 0.264 e. The number of aliphatic hydroxyl groups is 1. The van der Waals surface area contributed by atoms with E-state index in [1.54, 1.807) is 17.0 Å². The molecule has 1 unspecified atom stereocenters. The fraction of sp³-hybridized carbons (Fsp3) is 0.290. The number of nitrogens with zero attached hydrogens (tertiary/aromatic N) is 1. The predicted molar refractivity (Wildman–Crippen MR) is 139 cm³/mol. The summed E-state index contributed by atoms with van der Waals surface area (Å²) in [6, 6.07) is 24.8. The van der Waals surface area contributed by atoms with Crippen LogP contribution in [0.3, 0.4) is 0 Å². The van der Waals surface area contributed by atoms with E-state index in [-0.39, 0.29) is 12.2 Å². The van der Waals surface area contributed by atoms with Crippen molar-refractivity contribution in [3.8, 4) is 0 Å². The number of benzene rings is 3. The minimum absolute atomic E-state index is 0.229. The second-order valence-corrected chi connectivity index (χ2v) is 9.66. The van der Waals surface area contributed by atoms with Crippen LogP contribution in [0.4, 0.5) is 5.69 Å². The molecule has 2 aliphatic rings. The molecule has 0 radical (unpaired) electrons. The van der Waals surface area contributed by atoms with Crippen molar-refractivity contribution < 1.29 is 14.7 Å². The SMILES string of the molecule is O=C(CC1(O)C(=O)N(C/C=C/c2ccccc2)c2ccccc21)c1ccc(C2CCCCC2)cc1. The molecule has 3 aromatic rings. The number of hydrogen-bond donors (Lipinski definition) is 1. The largest absolute Gasteiger partial charge is 0.375 e. The van der Waals surface area contributed by atoms with E-state index in [4.69, 9.17) is 0 Å². The third-order valence-corrected chi connectivity index (χ3v) is 7.36. The molecular formula is C31H31NO3. The molecule has 4 nitrogen and oxygen atoms in total. The lowest BCUT2D eigenvalue weighted by Crippen LogP contribution is -2.42. The Morgan fingerprint density at radius 1 is 0.914 bits per heavy atom. The molecule has 1 atom stereocenters. The average Bonchev–Trinajstić information content (AvgIpc) is 3.11. The summed E-state index contributed by atoms with van der Waals surface area (Å²) in [5.41, 5.74) is 2.12. The Morgan fingerprint density at radius 2 is 1.60 bits per heavy atom. The topological polar surface area (TPSA) is 57.6 Å². The second kappa shape index (κ2) is 10.0. The summed E-state index contributed by atoms with van der Waals surface area (Å²) in [7, 11) is 0. The summed E-state index contributed by atoms with van der Waals surface area (Å²) in [5, 5.41) is 11.6. The molecular weight excluding hydrogens is 434 g/mol. The molecule has 35 heavy (non-hydrogen) atoms. The normalized spacial score (nSPS) is 20.4. The zero-order chi connectivity index (χ0) is 24.3. The van der Waals surface area contributed by atoms with Gasteiger partial charge in [0.25, 0.3) is 5.91 Å². The Balaban J connectivity index is 1.33. The van der Waals surface area contributed by atoms with E-state index in [9.17, 15) is 14.7 Å². The van der Waals surface area contributed by atoms with E-state index in [0.29, 0.717) is 29.3 Å². The highest BCUT2D eigenvalue weighted by molar-refractivity contribution is 6.11. The van der Waals surface area contributed by atoms with Crippen molar-refractivity contribution in [3.05, 3.63) is 107 Å². The highest BCUT2D eigenvalue weighted by Crippen LogP contribution is 2.43. The van der Waals surface area contributed by atoms with Gasteiger partial charge in [0.05, 0.1) is 12.1 Å². The van der Waals surface area contributed by atoms with Crippen LogP contribution in [0.5, 0.6) is 0 Å². The number of Topliss-reactive ketones (excluding diaryl/α,β-unsaturated/α-hetero) is 1. The fourth-order valence-corrected chi connectivity index (χ4v) is 5.43. The van der Waals surface area contributed by atoms with Crippen molar-refractivity contribution in [2.75, 3.05) is 11.4 Å². The van der Waals surface area contributed by atoms with Crippen molar-refractivity contribution >= 4 is 23.5 Å². The number of hydrogen-bond acceptors (Lipinski definition) is 3. The summed E-state index contributed by atoms with van der Waals surface area (Å²) < 4.78 is 0. The summed E-state index contributed by atoms with van der Waals surface area (Å²) >= 11 is 0. The van der Waals surface area contributed by atoms with Gasteiger partial charge >= 0.3 is 0 Å². The van der Waals surface area contributed by atoms with Gasteiger partial charge in [-0.1, -0.05) is 104 Å². The first kappa shape index (κ1) is 23.3. The maximum absolute atomic E-state index is 13.4. The molecule has 1 heterocycles. The zero-order valence-electron chi connectivity index (χ0n) is 19.9. The van der Waals surface area contributed by atoms with E-state index >= 15 is 0 Å². The molecule has 0 saturated heterocycles. The Labute approximate surface area is 206 Å². The molecule has 1 aliphatic carbocycles. The molecule has 3 aromatic carbocycles. The number of anilines is 1. The van der Waals surface area contributed by atoms with Gasteiger partial charge in [-0.3, -0.25) is 9.59 Å². The molecule has 5 rings (SSSR count). The van der Waals surface area contributed by atoms with Crippen LogP contribution in [0, 0.1) is 0 Å². The van der Waals surface area contributed by atoms with E-state index < -0.39 is 11.5 Å².